The summed E-state index contributed by atoms with van der Waals surface area (Å²) in [6, 6.07) is 9.24. The van der Waals surface area contributed by atoms with Gasteiger partial charge < -0.3 is 5.11 Å². The Bertz CT molecular complexity index is 606. The first-order chi connectivity index (χ1) is 8.69. The Morgan fingerprint density at radius 3 is 2.89 bits per heavy atom. The van der Waals surface area contributed by atoms with Crippen LogP contribution in [-0.4, -0.2) is 10.1 Å². The molecule has 4 heteroatoms. The summed E-state index contributed by atoms with van der Waals surface area (Å²) < 4.78 is 0. The minimum absolute atomic E-state index is 0.434. The third kappa shape index (κ3) is 2.17. The maximum absolute atomic E-state index is 10.3. The zero-order valence-electron chi connectivity index (χ0n) is 9.97. The standard InChI is InChI=1S/C14H13ClN2O/c1-2-9(8-16)14(18)11-5-6-12(15)10-4-3-7-17-13(10)11/h3-7,9,14,18H,2H2,1H3. The van der Waals surface area contributed by atoms with Crippen LogP contribution in [0.2, 0.25) is 5.02 Å². The fraction of sp³-hybridized carbons (Fsp3) is 0.286. The first kappa shape index (κ1) is 12.8. The summed E-state index contributed by atoms with van der Waals surface area (Å²) in [5.74, 6) is -0.434. The summed E-state index contributed by atoms with van der Waals surface area (Å²) in [6.07, 6.45) is 1.41. The molecule has 18 heavy (non-hydrogen) atoms. The van der Waals surface area contributed by atoms with Crippen molar-refractivity contribution >= 4 is 22.5 Å². The molecule has 0 saturated heterocycles. The van der Waals surface area contributed by atoms with Gasteiger partial charge in [0.25, 0.3) is 0 Å². The highest BCUT2D eigenvalue weighted by Crippen LogP contribution is 2.32. The number of aliphatic hydroxyl groups is 1. The van der Waals surface area contributed by atoms with Gasteiger partial charge in [0.1, 0.15) is 0 Å². The lowest BCUT2D eigenvalue weighted by molar-refractivity contribution is 0.134. The molecule has 0 saturated carbocycles. The molecule has 0 fully saturated rings. The average molecular weight is 261 g/mol. The number of aromatic nitrogens is 1. The van der Waals surface area contributed by atoms with Crippen LogP contribution < -0.4 is 0 Å². The molecule has 0 aliphatic carbocycles. The first-order valence-corrected chi connectivity index (χ1v) is 6.17. The summed E-state index contributed by atoms with van der Waals surface area (Å²) >= 11 is 6.09. The van der Waals surface area contributed by atoms with Crippen LogP contribution in [-0.2, 0) is 0 Å². The molecule has 3 nitrogen and oxygen atoms in total. The highest BCUT2D eigenvalue weighted by atomic mass is 35.5. The van der Waals surface area contributed by atoms with E-state index in [4.69, 9.17) is 16.9 Å². The molecule has 1 heterocycles. The molecule has 1 aromatic heterocycles. The van der Waals surface area contributed by atoms with Crippen molar-refractivity contribution in [2.24, 2.45) is 5.92 Å². The number of benzene rings is 1. The minimum atomic E-state index is -0.838. The second-order valence-electron chi connectivity index (χ2n) is 4.12. The molecule has 0 aliphatic heterocycles. The molecule has 0 aliphatic rings. The van der Waals surface area contributed by atoms with Crippen molar-refractivity contribution < 1.29 is 5.11 Å². The van der Waals surface area contributed by atoms with E-state index >= 15 is 0 Å². The van der Waals surface area contributed by atoms with E-state index in [9.17, 15) is 5.11 Å². The molecule has 2 rings (SSSR count). The summed E-state index contributed by atoms with van der Waals surface area (Å²) in [7, 11) is 0. The molecule has 0 bridgehead atoms. The molecule has 0 spiro atoms. The predicted octanol–water partition coefficient (Wildman–Crippen LogP) is 3.47. The van der Waals surface area contributed by atoms with Gasteiger partial charge in [-0.1, -0.05) is 24.6 Å². The van der Waals surface area contributed by atoms with Crippen molar-refractivity contribution in [1.29, 1.82) is 5.26 Å². The van der Waals surface area contributed by atoms with E-state index in [0.29, 0.717) is 22.5 Å². The van der Waals surface area contributed by atoms with Crippen molar-refractivity contribution in [3.8, 4) is 6.07 Å². The Labute approximate surface area is 111 Å². The smallest absolute Gasteiger partial charge is 0.0969 e. The maximum Gasteiger partial charge on any atom is 0.0969 e. The largest absolute Gasteiger partial charge is 0.387 e. The van der Waals surface area contributed by atoms with Gasteiger partial charge in [-0.15, -0.1) is 0 Å². The Kier molecular flexibility index (Phi) is 3.81. The van der Waals surface area contributed by atoms with Crippen LogP contribution >= 0.6 is 11.6 Å². The van der Waals surface area contributed by atoms with Gasteiger partial charge >= 0.3 is 0 Å². The van der Waals surface area contributed by atoms with E-state index in [1.165, 1.54) is 0 Å². The normalized spacial score (nSPS) is 14.1. The van der Waals surface area contributed by atoms with Crippen LogP contribution in [0.1, 0.15) is 25.0 Å². The fourth-order valence-corrected chi connectivity index (χ4v) is 2.22. The maximum atomic E-state index is 10.3. The highest BCUT2D eigenvalue weighted by Gasteiger charge is 2.21. The fourth-order valence-electron chi connectivity index (χ4n) is 2.00. The molecule has 0 amide bonds. The number of hydrogen-bond donors (Lipinski definition) is 1. The lowest BCUT2D eigenvalue weighted by Gasteiger charge is -2.17. The van der Waals surface area contributed by atoms with Crippen LogP contribution in [0.15, 0.2) is 30.5 Å². The van der Waals surface area contributed by atoms with E-state index < -0.39 is 12.0 Å². The van der Waals surface area contributed by atoms with E-state index in [0.717, 1.165) is 5.39 Å². The number of fused-ring (bicyclic) bond motifs is 1. The second kappa shape index (κ2) is 5.34. The van der Waals surface area contributed by atoms with Crippen molar-refractivity contribution in [2.75, 3.05) is 0 Å². The minimum Gasteiger partial charge on any atom is -0.387 e. The summed E-state index contributed by atoms with van der Waals surface area (Å²) in [5.41, 5.74) is 1.31. The quantitative estimate of drug-likeness (QED) is 0.919. The van der Waals surface area contributed by atoms with E-state index in [1.807, 2.05) is 13.0 Å². The zero-order chi connectivity index (χ0) is 13.1. The number of nitriles is 1. The monoisotopic (exact) mass is 260 g/mol. The van der Waals surface area contributed by atoms with E-state index in [1.54, 1.807) is 24.4 Å². The molecule has 2 aromatic rings. The number of aliphatic hydroxyl groups excluding tert-OH is 1. The average Bonchev–Trinajstić information content (AvgIpc) is 2.41. The zero-order valence-corrected chi connectivity index (χ0v) is 10.7. The summed E-state index contributed by atoms with van der Waals surface area (Å²) in [6.45, 7) is 1.88. The van der Waals surface area contributed by atoms with Gasteiger partial charge in [-0.25, -0.2) is 0 Å². The Hall–Kier alpha value is -1.63. The number of nitrogens with zero attached hydrogens (tertiary/aromatic N) is 2. The van der Waals surface area contributed by atoms with Crippen molar-refractivity contribution in [3.05, 3.63) is 41.0 Å². The molecule has 1 aromatic carbocycles. The molecular weight excluding hydrogens is 248 g/mol. The lowest BCUT2D eigenvalue weighted by Crippen LogP contribution is -2.10. The van der Waals surface area contributed by atoms with Crippen LogP contribution in [0.4, 0.5) is 0 Å². The molecular formula is C14H13ClN2O. The van der Waals surface area contributed by atoms with E-state index in [-0.39, 0.29) is 0 Å². The topological polar surface area (TPSA) is 56.9 Å². The van der Waals surface area contributed by atoms with Crippen molar-refractivity contribution in [3.63, 3.8) is 0 Å². The Morgan fingerprint density at radius 2 is 2.22 bits per heavy atom. The van der Waals surface area contributed by atoms with Crippen LogP contribution in [0.5, 0.6) is 0 Å². The van der Waals surface area contributed by atoms with Gasteiger partial charge in [0.15, 0.2) is 0 Å². The van der Waals surface area contributed by atoms with Crippen molar-refractivity contribution in [1.82, 2.24) is 4.98 Å². The third-order valence-electron chi connectivity index (χ3n) is 3.05. The second-order valence-corrected chi connectivity index (χ2v) is 4.53. The third-order valence-corrected chi connectivity index (χ3v) is 3.38. The molecule has 2 atom stereocenters. The molecule has 1 N–H and O–H groups in total. The lowest BCUT2D eigenvalue weighted by atomic mass is 9.93. The molecule has 0 radical (unpaired) electrons. The number of rotatable bonds is 3. The van der Waals surface area contributed by atoms with Gasteiger partial charge in [0.2, 0.25) is 0 Å². The van der Waals surface area contributed by atoms with Gasteiger partial charge in [-0.2, -0.15) is 5.26 Å². The number of hydrogen-bond acceptors (Lipinski definition) is 3. The van der Waals surface area contributed by atoms with Gasteiger partial charge in [0.05, 0.1) is 23.6 Å². The number of pyridine rings is 1. The van der Waals surface area contributed by atoms with Crippen LogP contribution in [0.3, 0.4) is 0 Å². The molecule has 92 valence electrons. The highest BCUT2D eigenvalue weighted by molar-refractivity contribution is 6.35. The predicted molar refractivity (Wildman–Crippen MR) is 71.1 cm³/mol. The van der Waals surface area contributed by atoms with Crippen LogP contribution in [0.25, 0.3) is 10.9 Å². The first-order valence-electron chi connectivity index (χ1n) is 5.79. The molecule has 2 unspecified atom stereocenters. The van der Waals surface area contributed by atoms with Gasteiger partial charge in [-0.05, 0) is 24.6 Å². The van der Waals surface area contributed by atoms with Crippen LogP contribution in [0, 0.1) is 17.2 Å². The summed E-state index contributed by atoms with van der Waals surface area (Å²) in [4.78, 5) is 4.26. The Balaban J connectivity index is 2.59. The van der Waals surface area contributed by atoms with Gasteiger partial charge in [0, 0.05) is 22.2 Å². The van der Waals surface area contributed by atoms with Crippen molar-refractivity contribution in [2.45, 2.75) is 19.4 Å². The summed E-state index contributed by atoms with van der Waals surface area (Å²) in [5, 5.41) is 20.7. The number of halogens is 1. The SMILES string of the molecule is CCC(C#N)C(O)c1ccc(Cl)c2cccnc12. The van der Waals surface area contributed by atoms with Gasteiger partial charge in [-0.3, -0.25) is 4.98 Å². The van der Waals surface area contributed by atoms with E-state index in [2.05, 4.69) is 11.1 Å². The Morgan fingerprint density at radius 1 is 1.44 bits per heavy atom.